The average Bonchev–Trinajstić information content (AvgIpc) is 2.11. The fourth-order valence-electron chi connectivity index (χ4n) is 1.22. The largest absolute Gasteiger partial charge is 0.330 e. The number of nitrogens with one attached hydrogen (secondary N) is 1. The summed E-state index contributed by atoms with van der Waals surface area (Å²) in [5, 5.41) is 3.44. The fraction of sp³-hybridized carbons (Fsp3) is 1.00. The normalized spacial score (nSPS) is 13.6. The molecule has 1 atom stereocenters. The van der Waals surface area contributed by atoms with E-state index in [1.54, 1.807) is 0 Å². The van der Waals surface area contributed by atoms with Crippen LogP contribution in [0.4, 0.5) is 0 Å². The van der Waals surface area contributed by atoms with Gasteiger partial charge in [0.1, 0.15) is 0 Å². The Balaban J connectivity index is 3.14. The second kappa shape index (κ2) is 8.48. The van der Waals surface area contributed by atoms with E-state index in [2.05, 4.69) is 31.2 Å². The Labute approximate surface area is 82.7 Å². The van der Waals surface area contributed by atoms with Crippen molar-refractivity contribution in [3.8, 4) is 0 Å². The number of hydrogen-bond acceptors (Lipinski definition) is 3. The van der Waals surface area contributed by atoms with Crippen molar-refractivity contribution >= 4 is 0 Å². The smallest absolute Gasteiger partial charge is 0.000855 e. The van der Waals surface area contributed by atoms with Gasteiger partial charge >= 0.3 is 0 Å². The predicted molar refractivity (Wildman–Crippen MR) is 58.9 cm³/mol. The molecule has 0 aromatic carbocycles. The molecule has 0 bridgehead atoms. The monoisotopic (exact) mass is 187 g/mol. The van der Waals surface area contributed by atoms with Crippen molar-refractivity contribution in [2.45, 2.75) is 19.8 Å². The molecule has 80 valence electrons. The summed E-state index contributed by atoms with van der Waals surface area (Å²) in [4.78, 5) is 2.21. The van der Waals surface area contributed by atoms with Crippen LogP contribution in [0.1, 0.15) is 19.8 Å². The van der Waals surface area contributed by atoms with Gasteiger partial charge in [0.15, 0.2) is 0 Å². The zero-order chi connectivity index (χ0) is 10.1. The standard InChI is InChI=1S/C10H25N3/c1-4-10(8-11)9-12-6-5-7-13(2)3/h10,12H,4-9,11H2,1-3H3. The maximum absolute atomic E-state index is 5.60. The van der Waals surface area contributed by atoms with Crippen molar-refractivity contribution in [3.63, 3.8) is 0 Å². The summed E-state index contributed by atoms with van der Waals surface area (Å²) in [6, 6.07) is 0. The van der Waals surface area contributed by atoms with E-state index in [1.807, 2.05) is 0 Å². The summed E-state index contributed by atoms with van der Waals surface area (Å²) < 4.78 is 0. The van der Waals surface area contributed by atoms with Gasteiger partial charge in [0.2, 0.25) is 0 Å². The van der Waals surface area contributed by atoms with Crippen LogP contribution in [0.15, 0.2) is 0 Å². The minimum atomic E-state index is 0.652. The SMILES string of the molecule is CCC(CN)CNCCCN(C)C. The first kappa shape index (κ1) is 12.9. The van der Waals surface area contributed by atoms with Gasteiger partial charge in [0, 0.05) is 0 Å². The van der Waals surface area contributed by atoms with Crippen LogP contribution in [0.25, 0.3) is 0 Å². The first-order valence-electron chi connectivity index (χ1n) is 5.26. The van der Waals surface area contributed by atoms with E-state index in [1.165, 1.54) is 12.8 Å². The third-order valence-corrected chi connectivity index (χ3v) is 2.30. The van der Waals surface area contributed by atoms with Gasteiger partial charge in [-0.15, -0.1) is 0 Å². The van der Waals surface area contributed by atoms with E-state index >= 15 is 0 Å². The molecule has 0 saturated heterocycles. The van der Waals surface area contributed by atoms with Crippen LogP contribution in [0.5, 0.6) is 0 Å². The molecule has 1 unspecified atom stereocenters. The minimum Gasteiger partial charge on any atom is -0.330 e. The van der Waals surface area contributed by atoms with Gasteiger partial charge < -0.3 is 16.0 Å². The third kappa shape index (κ3) is 8.22. The molecule has 3 heteroatoms. The third-order valence-electron chi connectivity index (χ3n) is 2.30. The second-order valence-corrected chi connectivity index (χ2v) is 3.87. The summed E-state index contributed by atoms with van der Waals surface area (Å²) in [7, 11) is 4.21. The molecule has 0 heterocycles. The van der Waals surface area contributed by atoms with Crippen LogP contribution >= 0.6 is 0 Å². The van der Waals surface area contributed by atoms with E-state index in [0.717, 1.165) is 26.2 Å². The van der Waals surface area contributed by atoms with Gasteiger partial charge in [-0.05, 0) is 52.6 Å². The topological polar surface area (TPSA) is 41.3 Å². The van der Waals surface area contributed by atoms with Gasteiger partial charge in [0.05, 0.1) is 0 Å². The van der Waals surface area contributed by atoms with Crippen molar-refractivity contribution in [2.75, 3.05) is 40.3 Å². The lowest BCUT2D eigenvalue weighted by atomic mass is 10.1. The summed E-state index contributed by atoms with van der Waals surface area (Å²) in [5.41, 5.74) is 5.60. The predicted octanol–water partition coefficient (Wildman–Crippen LogP) is 0.513. The Kier molecular flexibility index (Phi) is 8.40. The highest BCUT2D eigenvalue weighted by molar-refractivity contribution is 4.61. The van der Waals surface area contributed by atoms with Crippen molar-refractivity contribution in [1.82, 2.24) is 10.2 Å². The Bertz CT molecular complexity index is 100. The van der Waals surface area contributed by atoms with Crippen molar-refractivity contribution in [1.29, 1.82) is 0 Å². The zero-order valence-corrected chi connectivity index (χ0v) is 9.34. The van der Waals surface area contributed by atoms with E-state index in [-0.39, 0.29) is 0 Å². The summed E-state index contributed by atoms with van der Waals surface area (Å²) in [5.74, 6) is 0.652. The molecule has 13 heavy (non-hydrogen) atoms. The van der Waals surface area contributed by atoms with Gasteiger partial charge in [-0.3, -0.25) is 0 Å². The molecule has 3 N–H and O–H groups in total. The Hall–Kier alpha value is -0.120. The van der Waals surface area contributed by atoms with Gasteiger partial charge in [-0.1, -0.05) is 13.3 Å². The molecule has 0 radical (unpaired) electrons. The van der Waals surface area contributed by atoms with Crippen LogP contribution in [0.3, 0.4) is 0 Å². The van der Waals surface area contributed by atoms with Crippen molar-refractivity contribution < 1.29 is 0 Å². The molecule has 0 aliphatic rings. The number of nitrogens with two attached hydrogens (primary N) is 1. The maximum atomic E-state index is 5.60. The summed E-state index contributed by atoms with van der Waals surface area (Å²) in [6.07, 6.45) is 2.39. The molecular formula is C10H25N3. The lowest BCUT2D eigenvalue weighted by Gasteiger charge is -2.14. The number of nitrogens with zero attached hydrogens (tertiary/aromatic N) is 1. The molecule has 0 fully saturated rings. The molecule has 0 spiro atoms. The van der Waals surface area contributed by atoms with E-state index in [9.17, 15) is 0 Å². The lowest BCUT2D eigenvalue weighted by Crippen LogP contribution is -2.29. The second-order valence-electron chi connectivity index (χ2n) is 3.87. The lowest BCUT2D eigenvalue weighted by molar-refractivity contribution is 0.386. The van der Waals surface area contributed by atoms with Crippen LogP contribution < -0.4 is 11.1 Å². The van der Waals surface area contributed by atoms with Crippen LogP contribution in [0, 0.1) is 5.92 Å². The Morgan fingerprint density at radius 3 is 2.54 bits per heavy atom. The molecule has 3 nitrogen and oxygen atoms in total. The van der Waals surface area contributed by atoms with E-state index < -0.39 is 0 Å². The summed E-state index contributed by atoms with van der Waals surface area (Å²) in [6.45, 7) is 6.33. The first-order chi connectivity index (χ1) is 6.20. The molecule has 0 aromatic heterocycles. The van der Waals surface area contributed by atoms with Gasteiger partial charge in [-0.2, -0.15) is 0 Å². The highest BCUT2D eigenvalue weighted by Gasteiger charge is 2.01. The van der Waals surface area contributed by atoms with Crippen molar-refractivity contribution in [3.05, 3.63) is 0 Å². The Morgan fingerprint density at radius 1 is 1.38 bits per heavy atom. The number of rotatable bonds is 8. The molecular weight excluding hydrogens is 162 g/mol. The Morgan fingerprint density at radius 2 is 2.08 bits per heavy atom. The van der Waals surface area contributed by atoms with Gasteiger partial charge in [-0.25, -0.2) is 0 Å². The highest BCUT2D eigenvalue weighted by Crippen LogP contribution is 1.96. The summed E-state index contributed by atoms with van der Waals surface area (Å²) >= 11 is 0. The van der Waals surface area contributed by atoms with Crippen LogP contribution in [-0.4, -0.2) is 45.2 Å². The molecule has 0 aromatic rings. The zero-order valence-electron chi connectivity index (χ0n) is 9.34. The van der Waals surface area contributed by atoms with Gasteiger partial charge in [0.25, 0.3) is 0 Å². The van der Waals surface area contributed by atoms with Crippen LogP contribution in [0.2, 0.25) is 0 Å². The van der Waals surface area contributed by atoms with E-state index in [4.69, 9.17) is 5.73 Å². The molecule has 0 amide bonds. The quantitative estimate of drug-likeness (QED) is 0.544. The maximum Gasteiger partial charge on any atom is -0.000855 e. The molecule has 0 aliphatic carbocycles. The molecule has 0 saturated carbocycles. The first-order valence-corrected chi connectivity index (χ1v) is 5.26. The van der Waals surface area contributed by atoms with Crippen molar-refractivity contribution in [2.24, 2.45) is 11.7 Å². The molecule has 0 aliphatic heterocycles. The fourth-order valence-corrected chi connectivity index (χ4v) is 1.22. The minimum absolute atomic E-state index is 0.652. The van der Waals surface area contributed by atoms with E-state index in [0.29, 0.717) is 5.92 Å². The highest BCUT2D eigenvalue weighted by atomic mass is 15.1. The van der Waals surface area contributed by atoms with Crippen LogP contribution in [-0.2, 0) is 0 Å². The average molecular weight is 187 g/mol. The number of hydrogen-bond donors (Lipinski definition) is 2. The molecule has 0 rings (SSSR count).